The predicted octanol–water partition coefficient (Wildman–Crippen LogP) is 9.37. The molecule has 0 radical (unpaired) electrons. The number of rotatable bonds is 16. The Labute approximate surface area is 200 Å². The summed E-state index contributed by atoms with van der Waals surface area (Å²) in [6, 6.07) is 0. The molecule has 1 N–H and O–H groups in total. The van der Waals surface area contributed by atoms with Crippen molar-refractivity contribution in [1.29, 1.82) is 0 Å². The summed E-state index contributed by atoms with van der Waals surface area (Å²) in [6.07, 6.45) is 17.9. The minimum Gasteiger partial charge on any atom is -0.396 e. The Morgan fingerprint density at radius 2 is 1.91 bits per heavy atom. The van der Waals surface area contributed by atoms with Gasteiger partial charge in [0.25, 0.3) is 0 Å². The number of hydrogen-bond acceptors (Lipinski definition) is 1. The largest absolute Gasteiger partial charge is 0.396 e. The number of hydrogen-bond donors (Lipinski definition) is 1. The van der Waals surface area contributed by atoms with E-state index in [-0.39, 0.29) is 6.61 Å². The van der Waals surface area contributed by atoms with Gasteiger partial charge in [-0.25, -0.2) is 0 Å². The first-order chi connectivity index (χ1) is 15.3. The van der Waals surface area contributed by atoms with Gasteiger partial charge in [-0.15, -0.1) is 0 Å². The van der Waals surface area contributed by atoms with E-state index in [0.29, 0.717) is 23.7 Å². The molecule has 0 amide bonds. The Bertz CT molecular complexity index is 675. The Balaban J connectivity index is 3.10. The van der Waals surface area contributed by atoms with Crippen molar-refractivity contribution in [3.63, 3.8) is 0 Å². The lowest BCUT2D eigenvalue weighted by Gasteiger charge is -2.41. The maximum Gasteiger partial charge on any atom is 0.0434 e. The molecular weight excluding hydrogens is 388 g/mol. The van der Waals surface area contributed by atoms with E-state index < -0.39 is 0 Å². The van der Waals surface area contributed by atoms with Crippen LogP contribution in [0.4, 0.5) is 0 Å². The molecule has 1 aliphatic carbocycles. The van der Waals surface area contributed by atoms with Crippen LogP contribution >= 0.6 is 0 Å². The Morgan fingerprint density at radius 1 is 1.19 bits per heavy atom. The van der Waals surface area contributed by atoms with Crippen LogP contribution in [0.15, 0.2) is 59.3 Å². The van der Waals surface area contributed by atoms with Crippen LogP contribution in [0.5, 0.6) is 0 Å². The molecular formula is C31H52O. The normalized spacial score (nSPS) is 19.7. The van der Waals surface area contributed by atoms with Crippen LogP contribution in [0, 0.1) is 23.7 Å². The first-order valence-corrected chi connectivity index (χ1v) is 13.3. The molecule has 3 unspecified atom stereocenters. The molecule has 32 heavy (non-hydrogen) atoms. The maximum absolute atomic E-state index is 9.11. The SMILES string of the molecule is C=C(CCCO)CCC1=CC(CC)=C(C)C(C(C(C)C(=C)CC/C=C\C)[C@@H](C)CCC)C1. The molecule has 1 aliphatic rings. The third-order valence-electron chi connectivity index (χ3n) is 7.75. The second-order valence-corrected chi connectivity index (χ2v) is 10.2. The Kier molecular flexibility index (Phi) is 13.9. The third-order valence-corrected chi connectivity index (χ3v) is 7.75. The van der Waals surface area contributed by atoms with Crippen LogP contribution in [0.2, 0.25) is 0 Å². The predicted molar refractivity (Wildman–Crippen MR) is 144 cm³/mol. The average molecular weight is 441 g/mol. The van der Waals surface area contributed by atoms with Gasteiger partial charge in [0, 0.05) is 6.61 Å². The highest BCUT2D eigenvalue weighted by Gasteiger charge is 2.35. The van der Waals surface area contributed by atoms with Crippen molar-refractivity contribution in [2.24, 2.45) is 23.7 Å². The lowest BCUT2D eigenvalue weighted by Crippen LogP contribution is -2.32. The van der Waals surface area contributed by atoms with Gasteiger partial charge in [-0.3, -0.25) is 0 Å². The van der Waals surface area contributed by atoms with E-state index in [0.717, 1.165) is 44.9 Å². The van der Waals surface area contributed by atoms with Crippen LogP contribution in [-0.2, 0) is 0 Å². The quantitative estimate of drug-likeness (QED) is 0.237. The van der Waals surface area contributed by atoms with Crippen molar-refractivity contribution in [3.8, 4) is 0 Å². The summed E-state index contributed by atoms with van der Waals surface area (Å²) in [6.45, 7) is 23.1. The zero-order chi connectivity index (χ0) is 24.1. The zero-order valence-electron chi connectivity index (χ0n) is 22.2. The topological polar surface area (TPSA) is 20.2 Å². The molecule has 0 fully saturated rings. The molecule has 4 atom stereocenters. The van der Waals surface area contributed by atoms with E-state index in [1.165, 1.54) is 30.4 Å². The van der Waals surface area contributed by atoms with Crippen molar-refractivity contribution in [3.05, 3.63) is 59.3 Å². The van der Waals surface area contributed by atoms with E-state index in [2.05, 4.69) is 72.9 Å². The van der Waals surface area contributed by atoms with Crippen molar-refractivity contribution in [2.75, 3.05) is 6.61 Å². The van der Waals surface area contributed by atoms with E-state index in [1.54, 1.807) is 16.7 Å². The lowest BCUT2D eigenvalue weighted by atomic mass is 9.64. The van der Waals surface area contributed by atoms with E-state index >= 15 is 0 Å². The van der Waals surface area contributed by atoms with E-state index in [1.807, 2.05) is 0 Å². The van der Waals surface area contributed by atoms with Crippen molar-refractivity contribution in [1.82, 2.24) is 0 Å². The highest BCUT2D eigenvalue weighted by molar-refractivity contribution is 5.36. The summed E-state index contributed by atoms with van der Waals surface area (Å²) in [4.78, 5) is 0. The smallest absolute Gasteiger partial charge is 0.0434 e. The molecule has 0 aromatic rings. The summed E-state index contributed by atoms with van der Waals surface area (Å²) >= 11 is 0. The van der Waals surface area contributed by atoms with Crippen LogP contribution in [-0.4, -0.2) is 11.7 Å². The zero-order valence-corrected chi connectivity index (χ0v) is 22.2. The molecule has 0 aromatic heterocycles. The van der Waals surface area contributed by atoms with Gasteiger partial charge in [-0.05, 0) is 94.5 Å². The molecule has 182 valence electrons. The molecule has 1 heteroatoms. The fraction of sp³-hybridized carbons (Fsp3) is 0.677. The summed E-state index contributed by atoms with van der Waals surface area (Å²) in [5.41, 5.74) is 7.48. The van der Waals surface area contributed by atoms with Crippen LogP contribution < -0.4 is 0 Å². The Morgan fingerprint density at radius 3 is 2.50 bits per heavy atom. The van der Waals surface area contributed by atoms with Gasteiger partial charge in [0.1, 0.15) is 0 Å². The van der Waals surface area contributed by atoms with Gasteiger partial charge in [-0.2, -0.15) is 0 Å². The highest BCUT2D eigenvalue weighted by atomic mass is 16.2. The molecule has 1 rings (SSSR count). The molecule has 0 saturated carbocycles. The van der Waals surface area contributed by atoms with Gasteiger partial charge >= 0.3 is 0 Å². The van der Waals surface area contributed by atoms with Crippen LogP contribution in [0.3, 0.4) is 0 Å². The third kappa shape index (κ3) is 8.89. The van der Waals surface area contributed by atoms with Crippen molar-refractivity contribution < 1.29 is 5.11 Å². The summed E-state index contributed by atoms with van der Waals surface area (Å²) in [5, 5.41) is 9.11. The van der Waals surface area contributed by atoms with E-state index in [9.17, 15) is 0 Å². The number of aliphatic hydroxyl groups is 1. The van der Waals surface area contributed by atoms with Gasteiger partial charge < -0.3 is 5.11 Å². The summed E-state index contributed by atoms with van der Waals surface area (Å²) in [7, 11) is 0. The van der Waals surface area contributed by atoms with Gasteiger partial charge in [0.2, 0.25) is 0 Å². The molecule has 1 nitrogen and oxygen atoms in total. The Hall–Kier alpha value is -1.34. The second-order valence-electron chi connectivity index (χ2n) is 10.2. The van der Waals surface area contributed by atoms with Gasteiger partial charge in [0.15, 0.2) is 0 Å². The minimum absolute atomic E-state index is 0.262. The fourth-order valence-corrected chi connectivity index (χ4v) is 5.68. The molecule has 0 bridgehead atoms. The van der Waals surface area contributed by atoms with Gasteiger partial charge in [-0.1, -0.05) is 94.2 Å². The molecule has 0 aliphatic heterocycles. The molecule has 0 heterocycles. The van der Waals surface area contributed by atoms with Gasteiger partial charge in [0.05, 0.1) is 0 Å². The molecule has 0 spiro atoms. The maximum atomic E-state index is 9.11. The summed E-state index contributed by atoms with van der Waals surface area (Å²) in [5.74, 6) is 2.51. The van der Waals surface area contributed by atoms with E-state index in [4.69, 9.17) is 5.11 Å². The lowest BCUT2D eigenvalue weighted by molar-refractivity contribution is 0.191. The standard InChI is InChI=1S/C31H52O/c1-9-12-13-17-24(5)26(7)31(25(6)15-10-2)30-22-28(21-29(11-3)27(30)8)19-18-23(4)16-14-20-32/h9,12,21,25-26,30-32H,4-5,10-11,13-20,22H2,1-3,6-8H3/b12-9-/t25-,26?,30?,31?/m0/s1. The minimum atomic E-state index is 0.262. The summed E-state index contributed by atoms with van der Waals surface area (Å²) < 4.78 is 0. The monoisotopic (exact) mass is 440 g/mol. The molecule has 0 saturated heterocycles. The van der Waals surface area contributed by atoms with Crippen LogP contribution in [0.1, 0.15) is 106 Å². The molecule has 0 aromatic carbocycles. The van der Waals surface area contributed by atoms with Crippen LogP contribution in [0.25, 0.3) is 0 Å². The number of aliphatic hydroxyl groups excluding tert-OH is 1. The highest BCUT2D eigenvalue weighted by Crippen LogP contribution is 2.46. The first kappa shape index (κ1) is 28.7. The first-order valence-electron chi connectivity index (χ1n) is 13.3. The fourth-order valence-electron chi connectivity index (χ4n) is 5.68. The second kappa shape index (κ2) is 15.5. The number of allylic oxidation sites excluding steroid dienone is 8. The van der Waals surface area contributed by atoms with Crippen molar-refractivity contribution in [2.45, 2.75) is 106 Å². The average Bonchev–Trinajstić information content (AvgIpc) is 2.78. The van der Waals surface area contributed by atoms with Crippen molar-refractivity contribution >= 4 is 0 Å².